The second-order valence-electron chi connectivity index (χ2n) is 2.78. The molecule has 5 heteroatoms. The Hall–Kier alpha value is -0.970. The quantitative estimate of drug-likeness (QED) is 0.480. The standard InChI is InChI=1S/C10H9BrF2O2/c11-6-5-9(14)15-8-3-1-7(2-4-8)10(12)13/h1-4,10H,5-6H2. The molecule has 1 aromatic carbocycles. The first kappa shape index (κ1) is 12.1. The molecule has 0 amide bonds. The van der Waals surface area contributed by atoms with E-state index in [9.17, 15) is 13.6 Å². The van der Waals surface area contributed by atoms with Gasteiger partial charge in [0.05, 0.1) is 6.42 Å². The maximum Gasteiger partial charge on any atom is 0.312 e. The highest BCUT2D eigenvalue weighted by molar-refractivity contribution is 9.09. The first-order valence-electron chi connectivity index (χ1n) is 4.28. The molecular weight excluding hydrogens is 270 g/mol. The molecule has 0 aliphatic carbocycles. The Morgan fingerprint density at radius 3 is 2.40 bits per heavy atom. The van der Waals surface area contributed by atoms with Crippen LogP contribution in [-0.2, 0) is 4.79 Å². The van der Waals surface area contributed by atoms with Crippen molar-refractivity contribution in [3.63, 3.8) is 0 Å². The van der Waals surface area contributed by atoms with E-state index in [1.807, 2.05) is 0 Å². The predicted octanol–water partition coefficient (Wildman–Crippen LogP) is 3.31. The van der Waals surface area contributed by atoms with Gasteiger partial charge in [-0.15, -0.1) is 0 Å². The summed E-state index contributed by atoms with van der Waals surface area (Å²) in [4.78, 5) is 11.0. The number of hydrogen-bond donors (Lipinski definition) is 0. The molecule has 0 atom stereocenters. The zero-order chi connectivity index (χ0) is 11.3. The van der Waals surface area contributed by atoms with E-state index < -0.39 is 12.4 Å². The Kier molecular flexibility index (Phi) is 4.68. The lowest BCUT2D eigenvalue weighted by Crippen LogP contribution is -2.07. The summed E-state index contributed by atoms with van der Waals surface area (Å²) in [5, 5.41) is 0.515. The lowest BCUT2D eigenvalue weighted by Gasteiger charge is -2.04. The number of carbonyl (C=O) groups excluding carboxylic acids is 1. The summed E-state index contributed by atoms with van der Waals surface area (Å²) in [6, 6.07) is 5.18. The maximum atomic E-state index is 12.2. The van der Waals surface area contributed by atoms with Crippen LogP contribution in [0.15, 0.2) is 24.3 Å². The summed E-state index contributed by atoms with van der Waals surface area (Å²) in [6.45, 7) is 0. The van der Waals surface area contributed by atoms with Gasteiger partial charge in [0.2, 0.25) is 0 Å². The van der Waals surface area contributed by atoms with Gasteiger partial charge in [0, 0.05) is 10.9 Å². The first-order chi connectivity index (χ1) is 7.13. The van der Waals surface area contributed by atoms with Gasteiger partial charge >= 0.3 is 5.97 Å². The van der Waals surface area contributed by atoms with Crippen molar-refractivity contribution < 1.29 is 18.3 Å². The number of halogens is 3. The zero-order valence-corrected chi connectivity index (χ0v) is 9.34. The van der Waals surface area contributed by atoms with Gasteiger partial charge in [0.15, 0.2) is 0 Å². The van der Waals surface area contributed by atoms with Gasteiger partial charge in [-0.2, -0.15) is 0 Å². The van der Waals surface area contributed by atoms with Gasteiger partial charge in [-0.05, 0) is 24.3 Å². The fourth-order valence-electron chi connectivity index (χ4n) is 0.941. The average Bonchev–Trinajstić information content (AvgIpc) is 2.18. The highest BCUT2D eigenvalue weighted by atomic mass is 79.9. The summed E-state index contributed by atoms with van der Waals surface area (Å²) in [5.41, 5.74) is -0.0877. The minimum atomic E-state index is -2.50. The Bertz CT molecular complexity index is 325. The Morgan fingerprint density at radius 2 is 1.93 bits per heavy atom. The molecule has 0 fully saturated rings. The normalized spacial score (nSPS) is 10.4. The van der Waals surface area contributed by atoms with E-state index in [4.69, 9.17) is 4.74 Å². The van der Waals surface area contributed by atoms with Crippen LogP contribution in [0.4, 0.5) is 8.78 Å². The third-order valence-corrected chi connectivity index (χ3v) is 2.06. The van der Waals surface area contributed by atoms with E-state index in [1.54, 1.807) is 0 Å². The van der Waals surface area contributed by atoms with E-state index in [0.29, 0.717) is 5.33 Å². The monoisotopic (exact) mass is 278 g/mol. The zero-order valence-electron chi connectivity index (χ0n) is 7.75. The molecular formula is C10H9BrF2O2. The summed E-state index contributed by atoms with van der Waals surface area (Å²) < 4.78 is 29.2. The van der Waals surface area contributed by atoms with Crippen LogP contribution in [0.3, 0.4) is 0 Å². The van der Waals surface area contributed by atoms with Crippen molar-refractivity contribution in [3.05, 3.63) is 29.8 Å². The van der Waals surface area contributed by atoms with Gasteiger partial charge in [0.25, 0.3) is 6.43 Å². The van der Waals surface area contributed by atoms with E-state index >= 15 is 0 Å². The number of ether oxygens (including phenoxy) is 1. The van der Waals surface area contributed by atoms with Crippen molar-refractivity contribution in [3.8, 4) is 5.75 Å². The van der Waals surface area contributed by atoms with E-state index in [0.717, 1.165) is 0 Å². The van der Waals surface area contributed by atoms with Crippen LogP contribution in [-0.4, -0.2) is 11.3 Å². The SMILES string of the molecule is O=C(CCBr)Oc1ccc(C(F)F)cc1. The molecule has 0 spiro atoms. The highest BCUT2D eigenvalue weighted by Gasteiger charge is 2.07. The van der Waals surface area contributed by atoms with Crippen LogP contribution in [0.25, 0.3) is 0 Å². The van der Waals surface area contributed by atoms with E-state index in [-0.39, 0.29) is 17.7 Å². The van der Waals surface area contributed by atoms with Crippen molar-refractivity contribution in [2.45, 2.75) is 12.8 Å². The van der Waals surface area contributed by atoms with Gasteiger partial charge in [0.1, 0.15) is 5.75 Å². The molecule has 0 bridgehead atoms. The molecule has 82 valence electrons. The van der Waals surface area contributed by atoms with Crippen LogP contribution >= 0.6 is 15.9 Å². The molecule has 0 saturated carbocycles. The number of hydrogen-bond acceptors (Lipinski definition) is 2. The van der Waals surface area contributed by atoms with E-state index in [1.165, 1.54) is 24.3 Å². The molecule has 0 aliphatic heterocycles. The largest absolute Gasteiger partial charge is 0.427 e. The van der Waals surface area contributed by atoms with Crippen LogP contribution < -0.4 is 4.74 Å². The molecule has 0 saturated heterocycles. The van der Waals surface area contributed by atoms with Crippen molar-refractivity contribution in [2.75, 3.05) is 5.33 Å². The molecule has 0 aliphatic rings. The first-order valence-corrected chi connectivity index (χ1v) is 5.40. The van der Waals surface area contributed by atoms with Crippen molar-refractivity contribution >= 4 is 21.9 Å². The van der Waals surface area contributed by atoms with Gasteiger partial charge in [-0.3, -0.25) is 4.79 Å². The lowest BCUT2D eigenvalue weighted by molar-refractivity contribution is -0.133. The number of carbonyl (C=O) groups is 1. The molecule has 15 heavy (non-hydrogen) atoms. The predicted molar refractivity (Wildman–Crippen MR) is 55.4 cm³/mol. The fourth-order valence-corrected chi connectivity index (χ4v) is 1.26. The molecule has 0 N–H and O–H groups in total. The number of esters is 1. The van der Waals surface area contributed by atoms with Gasteiger partial charge in [-0.25, -0.2) is 8.78 Å². The molecule has 0 unspecified atom stereocenters. The fraction of sp³-hybridized carbons (Fsp3) is 0.300. The second kappa shape index (κ2) is 5.80. The molecule has 1 aromatic rings. The Labute approximate surface area is 94.4 Å². The van der Waals surface area contributed by atoms with Crippen molar-refractivity contribution in [1.29, 1.82) is 0 Å². The van der Waals surface area contributed by atoms with Crippen molar-refractivity contribution in [2.24, 2.45) is 0 Å². The smallest absolute Gasteiger partial charge is 0.312 e. The number of alkyl halides is 3. The van der Waals surface area contributed by atoms with Crippen molar-refractivity contribution in [1.82, 2.24) is 0 Å². The Balaban J connectivity index is 2.60. The molecule has 0 aromatic heterocycles. The second-order valence-corrected chi connectivity index (χ2v) is 3.58. The Morgan fingerprint density at radius 1 is 1.33 bits per heavy atom. The summed E-state index contributed by atoms with van der Waals surface area (Å²) in [6.07, 6.45) is -2.26. The summed E-state index contributed by atoms with van der Waals surface area (Å²) in [5.74, 6) is -0.109. The minimum absolute atomic E-state index is 0.0877. The van der Waals surface area contributed by atoms with Gasteiger partial charge < -0.3 is 4.74 Å². The van der Waals surface area contributed by atoms with Gasteiger partial charge in [-0.1, -0.05) is 15.9 Å². The van der Waals surface area contributed by atoms with Crippen LogP contribution in [0.5, 0.6) is 5.75 Å². The average molecular weight is 279 g/mol. The summed E-state index contributed by atoms with van der Waals surface area (Å²) in [7, 11) is 0. The summed E-state index contributed by atoms with van der Waals surface area (Å²) >= 11 is 3.09. The molecule has 2 nitrogen and oxygen atoms in total. The number of rotatable bonds is 4. The lowest BCUT2D eigenvalue weighted by atomic mass is 10.2. The molecule has 1 rings (SSSR count). The molecule has 0 radical (unpaired) electrons. The number of benzene rings is 1. The van der Waals surface area contributed by atoms with E-state index in [2.05, 4.69) is 15.9 Å². The minimum Gasteiger partial charge on any atom is -0.427 e. The topological polar surface area (TPSA) is 26.3 Å². The van der Waals surface area contributed by atoms with Crippen LogP contribution in [0.2, 0.25) is 0 Å². The third-order valence-electron chi connectivity index (χ3n) is 1.66. The van der Waals surface area contributed by atoms with Crippen LogP contribution in [0, 0.1) is 0 Å². The van der Waals surface area contributed by atoms with Crippen LogP contribution in [0.1, 0.15) is 18.4 Å². The molecule has 0 heterocycles. The maximum absolute atomic E-state index is 12.2. The highest BCUT2D eigenvalue weighted by Crippen LogP contribution is 2.21. The third kappa shape index (κ3) is 3.95.